The van der Waals surface area contributed by atoms with Crippen LogP contribution in [0.15, 0.2) is 59.5 Å². The van der Waals surface area contributed by atoms with Crippen LogP contribution in [0.5, 0.6) is 5.75 Å². The van der Waals surface area contributed by atoms with Crippen LogP contribution in [0.2, 0.25) is 0 Å². The number of rotatable bonds is 6. The second kappa shape index (κ2) is 9.99. The summed E-state index contributed by atoms with van der Waals surface area (Å²) >= 11 is 0. The van der Waals surface area contributed by atoms with E-state index >= 15 is 0 Å². The molecule has 32 heavy (non-hydrogen) atoms. The molecule has 4 rings (SSSR count). The Kier molecular flexibility index (Phi) is 7.10. The van der Waals surface area contributed by atoms with Crippen LogP contribution in [0.3, 0.4) is 0 Å². The van der Waals surface area contributed by atoms with Gasteiger partial charge in [0.2, 0.25) is 15.9 Å². The van der Waals surface area contributed by atoms with E-state index in [1.165, 1.54) is 4.31 Å². The lowest BCUT2D eigenvalue weighted by Gasteiger charge is -2.44. The standard InChI is InChI=1S/C23H29N3O5S/c1-30-20-10-8-19(9-11-20)23-25(22(27)18-24-14-16-31-17-15-24)12-5-13-26(23)32(28,29)21-6-3-2-4-7-21/h2-4,6-11,23H,5,12-18H2,1H3/t23-/m1/s1. The molecule has 0 aromatic heterocycles. The number of ether oxygens (including phenoxy) is 2. The maximum absolute atomic E-state index is 13.6. The molecular weight excluding hydrogens is 430 g/mol. The van der Waals surface area contributed by atoms with Gasteiger partial charge in [0.25, 0.3) is 0 Å². The molecule has 8 nitrogen and oxygen atoms in total. The zero-order valence-electron chi connectivity index (χ0n) is 18.2. The third-order valence-electron chi connectivity index (χ3n) is 5.89. The summed E-state index contributed by atoms with van der Waals surface area (Å²) in [7, 11) is -2.22. The van der Waals surface area contributed by atoms with Crippen LogP contribution >= 0.6 is 0 Å². The molecular formula is C23H29N3O5S. The van der Waals surface area contributed by atoms with Gasteiger partial charge in [-0.1, -0.05) is 30.3 Å². The van der Waals surface area contributed by atoms with Crippen LogP contribution < -0.4 is 4.74 Å². The number of carbonyl (C=O) groups is 1. The topological polar surface area (TPSA) is 79.4 Å². The van der Waals surface area contributed by atoms with Crippen molar-refractivity contribution < 1.29 is 22.7 Å². The van der Waals surface area contributed by atoms with Crippen LogP contribution in [0, 0.1) is 0 Å². The molecule has 2 saturated heterocycles. The second-order valence-electron chi connectivity index (χ2n) is 7.90. The van der Waals surface area contributed by atoms with Gasteiger partial charge in [-0.25, -0.2) is 8.42 Å². The Hall–Kier alpha value is -2.46. The van der Waals surface area contributed by atoms with Crippen molar-refractivity contribution in [2.45, 2.75) is 17.5 Å². The highest BCUT2D eigenvalue weighted by molar-refractivity contribution is 7.89. The summed E-state index contributed by atoms with van der Waals surface area (Å²) < 4.78 is 39.3. The molecule has 0 saturated carbocycles. The van der Waals surface area contributed by atoms with Gasteiger partial charge in [-0.15, -0.1) is 0 Å². The number of morpholine rings is 1. The molecule has 9 heteroatoms. The fourth-order valence-corrected chi connectivity index (χ4v) is 5.84. The van der Waals surface area contributed by atoms with E-state index in [1.54, 1.807) is 54.5 Å². The Morgan fingerprint density at radius 3 is 2.34 bits per heavy atom. The lowest BCUT2D eigenvalue weighted by Crippen LogP contribution is -2.54. The van der Waals surface area contributed by atoms with Gasteiger partial charge in [0.1, 0.15) is 11.9 Å². The third kappa shape index (κ3) is 4.80. The van der Waals surface area contributed by atoms with E-state index in [9.17, 15) is 13.2 Å². The van der Waals surface area contributed by atoms with Gasteiger partial charge in [-0.05, 0) is 36.2 Å². The van der Waals surface area contributed by atoms with Crippen LogP contribution in [-0.4, -0.2) is 81.5 Å². The Balaban J connectivity index is 1.69. The number of nitrogens with zero attached hydrogens (tertiary/aromatic N) is 3. The van der Waals surface area contributed by atoms with Gasteiger partial charge < -0.3 is 14.4 Å². The zero-order valence-corrected chi connectivity index (χ0v) is 19.0. The Labute approximate surface area is 189 Å². The summed E-state index contributed by atoms with van der Waals surface area (Å²) in [5.74, 6) is 0.592. The molecule has 2 aromatic rings. The number of hydrogen-bond donors (Lipinski definition) is 0. The van der Waals surface area contributed by atoms with Crippen molar-refractivity contribution >= 4 is 15.9 Å². The van der Waals surface area contributed by atoms with Crippen LogP contribution in [0.4, 0.5) is 0 Å². The van der Waals surface area contributed by atoms with Crippen molar-refractivity contribution in [2.75, 3.05) is 53.0 Å². The first-order valence-electron chi connectivity index (χ1n) is 10.8. The number of benzene rings is 2. The van der Waals surface area contributed by atoms with Crippen molar-refractivity contribution in [1.82, 2.24) is 14.1 Å². The summed E-state index contributed by atoms with van der Waals surface area (Å²) in [5, 5.41) is 0. The first-order valence-corrected chi connectivity index (χ1v) is 12.2. The Bertz CT molecular complexity index is 1010. The smallest absolute Gasteiger partial charge is 0.245 e. The minimum Gasteiger partial charge on any atom is -0.497 e. The monoisotopic (exact) mass is 459 g/mol. The summed E-state index contributed by atoms with van der Waals surface area (Å²) in [6.07, 6.45) is -0.137. The van der Waals surface area contributed by atoms with Crippen molar-refractivity contribution in [1.29, 1.82) is 0 Å². The SMILES string of the molecule is COc1ccc([C@@H]2N(C(=O)CN3CCOCC3)CCCN2S(=O)(=O)c2ccccc2)cc1. The minimum absolute atomic E-state index is 0.0827. The normalized spacial score (nSPS) is 20.8. The molecule has 2 fully saturated rings. The van der Waals surface area contributed by atoms with Gasteiger partial charge in [-0.2, -0.15) is 4.31 Å². The van der Waals surface area contributed by atoms with E-state index < -0.39 is 16.2 Å². The Morgan fingerprint density at radius 1 is 1.00 bits per heavy atom. The largest absolute Gasteiger partial charge is 0.497 e. The number of sulfonamides is 1. The molecule has 0 N–H and O–H groups in total. The van der Waals surface area contributed by atoms with Crippen LogP contribution in [-0.2, 0) is 19.6 Å². The summed E-state index contributed by atoms with van der Waals surface area (Å²) in [5.41, 5.74) is 0.736. The molecule has 0 aliphatic carbocycles. The van der Waals surface area contributed by atoms with Crippen molar-refractivity contribution in [3.05, 3.63) is 60.2 Å². The average Bonchev–Trinajstić information content (AvgIpc) is 2.85. The lowest BCUT2D eigenvalue weighted by molar-refractivity contribution is -0.140. The molecule has 2 aliphatic rings. The lowest BCUT2D eigenvalue weighted by atomic mass is 10.1. The molecule has 0 radical (unpaired) electrons. The van der Waals surface area contributed by atoms with Gasteiger partial charge in [0.15, 0.2) is 0 Å². The van der Waals surface area contributed by atoms with Crippen molar-refractivity contribution in [2.24, 2.45) is 0 Å². The highest BCUT2D eigenvalue weighted by Crippen LogP contribution is 2.35. The first kappa shape index (κ1) is 22.7. The fraction of sp³-hybridized carbons (Fsp3) is 0.435. The number of methoxy groups -OCH3 is 1. The van der Waals surface area contributed by atoms with Gasteiger partial charge in [0, 0.05) is 26.2 Å². The molecule has 1 amide bonds. The number of hydrogen-bond acceptors (Lipinski definition) is 6. The van der Waals surface area contributed by atoms with E-state index in [0.717, 1.165) is 5.56 Å². The van der Waals surface area contributed by atoms with E-state index in [4.69, 9.17) is 9.47 Å². The molecule has 0 bridgehead atoms. The predicted octanol–water partition coefficient (Wildman–Crippen LogP) is 1.95. The van der Waals surface area contributed by atoms with Crippen LogP contribution in [0.25, 0.3) is 0 Å². The maximum atomic E-state index is 13.6. The van der Waals surface area contributed by atoms with Gasteiger partial charge in [0.05, 0.1) is 31.8 Å². The Morgan fingerprint density at radius 2 is 1.69 bits per heavy atom. The molecule has 172 valence electrons. The van der Waals surface area contributed by atoms with E-state index in [0.29, 0.717) is 51.6 Å². The molecule has 2 aliphatic heterocycles. The molecule has 2 aromatic carbocycles. The quantitative estimate of drug-likeness (QED) is 0.657. The van der Waals surface area contributed by atoms with Gasteiger partial charge in [-0.3, -0.25) is 9.69 Å². The fourth-order valence-electron chi connectivity index (χ4n) is 4.20. The van der Waals surface area contributed by atoms with Crippen LogP contribution in [0.1, 0.15) is 18.2 Å². The van der Waals surface area contributed by atoms with E-state index in [-0.39, 0.29) is 17.3 Å². The van der Waals surface area contributed by atoms with E-state index in [2.05, 4.69) is 4.90 Å². The predicted molar refractivity (Wildman–Crippen MR) is 120 cm³/mol. The third-order valence-corrected chi connectivity index (χ3v) is 7.76. The zero-order chi connectivity index (χ0) is 22.6. The first-order chi connectivity index (χ1) is 15.5. The highest BCUT2D eigenvalue weighted by atomic mass is 32.2. The summed E-state index contributed by atoms with van der Waals surface area (Å²) in [6.45, 7) is 3.68. The maximum Gasteiger partial charge on any atom is 0.245 e. The molecule has 2 heterocycles. The molecule has 0 unspecified atom stereocenters. The molecule has 1 atom stereocenters. The summed E-state index contributed by atoms with van der Waals surface area (Å²) in [4.78, 5) is 17.4. The van der Waals surface area contributed by atoms with Gasteiger partial charge >= 0.3 is 0 Å². The highest BCUT2D eigenvalue weighted by Gasteiger charge is 2.41. The van der Waals surface area contributed by atoms with Crippen molar-refractivity contribution in [3.8, 4) is 5.75 Å². The van der Waals surface area contributed by atoms with Crippen molar-refractivity contribution in [3.63, 3.8) is 0 Å². The summed E-state index contributed by atoms with van der Waals surface area (Å²) in [6, 6.07) is 15.6. The average molecular weight is 460 g/mol. The molecule has 0 spiro atoms. The minimum atomic E-state index is -3.80. The number of amides is 1. The second-order valence-corrected chi connectivity index (χ2v) is 9.80. The van der Waals surface area contributed by atoms with E-state index in [1.807, 2.05) is 12.1 Å². The number of carbonyl (C=O) groups excluding carboxylic acids is 1.